The van der Waals surface area contributed by atoms with E-state index in [1.54, 1.807) is 24.5 Å². The van der Waals surface area contributed by atoms with Gasteiger partial charge in [-0.3, -0.25) is 19.4 Å². The molecule has 0 saturated carbocycles. The van der Waals surface area contributed by atoms with Crippen LogP contribution in [0.1, 0.15) is 82.7 Å². The summed E-state index contributed by atoms with van der Waals surface area (Å²) < 4.78 is 18.9. The number of rotatable bonds is 24. The number of para-hydroxylation sites is 2. The summed E-state index contributed by atoms with van der Waals surface area (Å²) in [6.45, 7) is 27.2. The minimum absolute atomic E-state index is 0.274. The first-order valence-electron chi connectivity index (χ1n) is 26.0. The second-order valence-electron chi connectivity index (χ2n) is 20.4. The van der Waals surface area contributed by atoms with Crippen LogP contribution in [0.4, 0.5) is 44.9 Å². The number of halogens is 2. The molecule has 0 radical (unpaired) electrons. The fraction of sp³-hybridized carbons (Fsp3) is 0.481. The number of anilines is 8. The van der Waals surface area contributed by atoms with Crippen LogP contribution in [0.2, 0.25) is 10.0 Å². The molecule has 0 aliphatic carbocycles. The van der Waals surface area contributed by atoms with Crippen LogP contribution in [-0.2, 0) is 14.2 Å². The summed E-state index contributed by atoms with van der Waals surface area (Å²) in [5, 5.41) is 14.4. The van der Waals surface area contributed by atoms with E-state index >= 15 is 0 Å². The molecule has 2 aliphatic heterocycles. The molecule has 2 amide bonds. The van der Waals surface area contributed by atoms with Crippen LogP contribution >= 0.6 is 45.9 Å². The zero-order valence-electron chi connectivity index (χ0n) is 45.2. The quantitative estimate of drug-likeness (QED) is 0.0417. The molecule has 77 heavy (non-hydrogen) atoms. The molecule has 412 valence electrons. The first kappa shape index (κ1) is 57.6. The molecular formula is C54H70Cl2N14O5S2. The molecule has 6 heterocycles. The highest BCUT2D eigenvalue weighted by Crippen LogP contribution is 2.31. The third kappa shape index (κ3) is 16.7. The van der Waals surface area contributed by atoms with Crippen molar-refractivity contribution in [2.45, 2.75) is 79.4 Å². The highest BCUT2D eigenvalue weighted by Gasteiger charge is 2.26. The van der Waals surface area contributed by atoms with Crippen molar-refractivity contribution in [3.63, 3.8) is 0 Å². The Morgan fingerprint density at radius 2 is 1.01 bits per heavy atom. The fourth-order valence-corrected chi connectivity index (χ4v) is 10.7. The summed E-state index contributed by atoms with van der Waals surface area (Å²) >= 11 is 15.1. The van der Waals surface area contributed by atoms with E-state index in [2.05, 4.69) is 88.5 Å². The molecule has 0 bridgehead atoms. The van der Waals surface area contributed by atoms with Crippen molar-refractivity contribution >= 4 is 103 Å². The molecule has 2 saturated heterocycles. The van der Waals surface area contributed by atoms with Crippen molar-refractivity contribution in [3.8, 4) is 0 Å². The van der Waals surface area contributed by atoms with Crippen molar-refractivity contribution < 1.29 is 23.8 Å². The number of nitrogens with one attached hydrogen (secondary N) is 4. The number of aryl methyl sites for hydroxylation is 4. The number of thiazole rings is 2. The Bertz CT molecular complexity index is 2920. The molecule has 2 aromatic carbocycles. The second kappa shape index (κ2) is 26.4. The van der Waals surface area contributed by atoms with E-state index in [4.69, 9.17) is 47.4 Å². The number of ether oxygens (including phenoxy) is 3. The predicted molar refractivity (Wildman–Crippen MR) is 310 cm³/mol. The topological polar surface area (TPSA) is 200 Å². The second-order valence-corrected chi connectivity index (χ2v) is 23.3. The van der Waals surface area contributed by atoms with E-state index < -0.39 is 0 Å². The zero-order valence-corrected chi connectivity index (χ0v) is 48.3. The van der Waals surface area contributed by atoms with Crippen molar-refractivity contribution in [1.82, 2.24) is 39.7 Å². The summed E-state index contributed by atoms with van der Waals surface area (Å²) in [6, 6.07) is 14.9. The third-order valence-corrected chi connectivity index (χ3v) is 15.8. The summed E-state index contributed by atoms with van der Waals surface area (Å²) in [5.74, 6) is 3.68. The highest BCUT2D eigenvalue weighted by atomic mass is 35.5. The van der Waals surface area contributed by atoms with E-state index in [0.717, 1.165) is 101 Å². The zero-order chi connectivity index (χ0) is 54.7. The average Bonchev–Trinajstić information content (AvgIpc) is 4.07. The monoisotopic (exact) mass is 1130 g/mol. The Kier molecular flexibility index (Phi) is 19.7. The molecule has 6 aromatic rings. The standard InChI is InChI=1S/C54H70Cl2N14O5S2/c1-35-11-9-13-39(55)47(35)65-49(71)41-33-57-51(76-41)63-43-31-45(61-37(3)59-43)69-21-17-67(18-22-69)25-29-73-27-15-53(5,6)74-28-16-54(7,8)75-30-26-68-19-23-70(24-20-68)46-32-44(60-38(4)62-46)64-52-58-34-42(77-52)50(72)66-48-36(2)12-10-14-40(48)56/h9-14,31-34H,15-30H2,1-8H3,(H,65,71)(H,66,72)(H,57,59,61,63)(H,58,60,62,64). The lowest BCUT2D eigenvalue weighted by Gasteiger charge is -2.36. The van der Waals surface area contributed by atoms with Crippen LogP contribution in [0.25, 0.3) is 0 Å². The SMILES string of the molecule is Cc1nc(Nc2ncc(C(=O)Nc3c(C)cccc3Cl)s2)cc(N2CCN(CCOCCC(C)(C)OCCC(C)(C)OCCN3CCN(c4cc(Nc5ncc(C(=O)Nc6c(C)cccc6Cl)s5)nc(C)n4)CC3)CC2)n1. The van der Waals surface area contributed by atoms with Crippen molar-refractivity contribution in [1.29, 1.82) is 0 Å². The number of aromatic nitrogens is 6. The minimum Gasteiger partial charge on any atom is -0.380 e. The predicted octanol–water partition coefficient (Wildman–Crippen LogP) is 10.0. The van der Waals surface area contributed by atoms with Gasteiger partial charge in [-0.05, 0) is 91.5 Å². The molecule has 2 aliphatic rings. The number of hydrogen-bond acceptors (Lipinski definition) is 19. The summed E-state index contributed by atoms with van der Waals surface area (Å²) in [7, 11) is 0. The molecule has 4 aromatic heterocycles. The van der Waals surface area contributed by atoms with Gasteiger partial charge in [-0.2, -0.15) is 0 Å². The third-order valence-electron chi connectivity index (χ3n) is 13.4. The van der Waals surface area contributed by atoms with E-state index in [1.165, 1.54) is 22.7 Å². The first-order valence-corrected chi connectivity index (χ1v) is 28.3. The maximum Gasteiger partial charge on any atom is 0.267 e. The van der Waals surface area contributed by atoms with Crippen LogP contribution in [-0.4, -0.2) is 155 Å². The highest BCUT2D eigenvalue weighted by molar-refractivity contribution is 7.18. The largest absolute Gasteiger partial charge is 0.380 e. The van der Waals surface area contributed by atoms with Gasteiger partial charge in [0.05, 0.1) is 64.8 Å². The Hall–Kier alpha value is -5.62. The number of carbonyl (C=O) groups is 2. The molecule has 19 nitrogen and oxygen atoms in total. The van der Waals surface area contributed by atoms with Crippen molar-refractivity contribution in [2.24, 2.45) is 0 Å². The van der Waals surface area contributed by atoms with Crippen LogP contribution in [0.5, 0.6) is 0 Å². The van der Waals surface area contributed by atoms with Crippen LogP contribution in [0, 0.1) is 27.7 Å². The van der Waals surface area contributed by atoms with Crippen LogP contribution in [0.3, 0.4) is 0 Å². The molecule has 0 atom stereocenters. The average molecular weight is 1130 g/mol. The van der Waals surface area contributed by atoms with Gasteiger partial charge in [0.1, 0.15) is 44.7 Å². The Morgan fingerprint density at radius 1 is 0.584 bits per heavy atom. The summed E-state index contributed by atoms with van der Waals surface area (Å²) in [4.78, 5) is 63.8. The summed E-state index contributed by atoms with van der Waals surface area (Å²) in [5.41, 5.74) is 2.30. The van der Waals surface area contributed by atoms with Gasteiger partial charge in [0.15, 0.2) is 10.3 Å². The minimum atomic E-state index is -0.326. The van der Waals surface area contributed by atoms with Gasteiger partial charge in [-0.15, -0.1) is 0 Å². The lowest BCUT2D eigenvalue weighted by Crippen LogP contribution is -2.48. The first-order chi connectivity index (χ1) is 36.8. The Morgan fingerprint density at radius 3 is 1.47 bits per heavy atom. The van der Waals surface area contributed by atoms with Crippen LogP contribution < -0.4 is 31.1 Å². The molecule has 4 N–H and O–H groups in total. The van der Waals surface area contributed by atoms with Gasteiger partial charge in [-0.25, -0.2) is 29.9 Å². The number of nitrogens with zero attached hydrogens (tertiary/aromatic N) is 10. The number of carbonyl (C=O) groups excluding carboxylic acids is 2. The normalized spacial score (nSPS) is 14.7. The maximum absolute atomic E-state index is 13.0. The fourth-order valence-electron chi connectivity index (χ4n) is 8.76. The summed E-state index contributed by atoms with van der Waals surface area (Å²) in [6.07, 6.45) is 4.67. The molecular weight excluding hydrogens is 1060 g/mol. The van der Waals surface area contributed by atoms with Gasteiger partial charge in [-0.1, -0.05) is 70.1 Å². The molecule has 0 spiro atoms. The number of benzene rings is 2. The molecule has 23 heteroatoms. The number of amides is 2. The van der Waals surface area contributed by atoms with Crippen molar-refractivity contribution in [3.05, 3.63) is 103 Å². The van der Waals surface area contributed by atoms with E-state index in [1.807, 2.05) is 64.1 Å². The van der Waals surface area contributed by atoms with Crippen LogP contribution in [0.15, 0.2) is 60.9 Å². The van der Waals surface area contributed by atoms with Gasteiger partial charge in [0.2, 0.25) is 0 Å². The van der Waals surface area contributed by atoms with Gasteiger partial charge >= 0.3 is 0 Å². The Labute approximate surface area is 469 Å². The maximum atomic E-state index is 13.0. The number of hydrogen-bond donors (Lipinski definition) is 4. The smallest absolute Gasteiger partial charge is 0.267 e. The van der Waals surface area contributed by atoms with E-state index in [0.29, 0.717) is 91.1 Å². The van der Waals surface area contributed by atoms with Crippen molar-refractivity contribution in [2.75, 3.05) is 123 Å². The van der Waals surface area contributed by atoms with E-state index in [-0.39, 0.29) is 23.0 Å². The van der Waals surface area contributed by atoms with Gasteiger partial charge < -0.3 is 45.3 Å². The van der Waals surface area contributed by atoms with E-state index in [9.17, 15) is 9.59 Å². The van der Waals surface area contributed by atoms with Gasteiger partial charge in [0, 0.05) is 84.2 Å². The Balaban J connectivity index is 0.673. The molecule has 2 fully saturated rings. The number of piperazine rings is 2. The van der Waals surface area contributed by atoms with Gasteiger partial charge in [0.25, 0.3) is 11.8 Å². The lowest BCUT2D eigenvalue weighted by molar-refractivity contribution is -0.0831. The molecule has 0 unspecified atom stereocenters. The lowest BCUT2D eigenvalue weighted by atomic mass is 10.0. The molecule has 8 rings (SSSR count).